The molecule has 4 nitrogen and oxygen atoms in total. The molecule has 2 rings (SSSR count). The van der Waals surface area contributed by atoms with Gasteiger partial charge in [-0.3, -0.25) is 0 Å². The second kappa shape index (κ2) is 3.82. The third-order valence-corrected chi connectivity index (χ3v) is 2.47. The number of hydrogen-bond acceptors (Lipinski definition) is 5. The molecule has 1 aliphatic rings. The van der Waals surface area contributed by atoms with E-state index in [0.717, 1.165) is 25.9 Å². The predicted octanol–water partition coefficient (Wildman–Crippen LogP) is 0.669. The minimum Gasteiger partial charge on any atom is -0.466 e. The van der Waals surface area contributed by atoms with E-state index in [1.165, 1.54) is 11.3 Å². The number of aromatic nitrogens is 2. The van der Waals surface area contributed by atoms with Gasteiger partial charge in [0.15, 0.2) is 0 Å². The van der Waals surface area contributed by atoms with Crippen LogP contribution in [0.15, 0.2) is 5.51 Å². The zero-order valence-electron chi connectivity index (χ0n) is 6.69. The van der Waals surface area contributed by atoms with Crippen LogP contribution in [0.1, 0.15) is 12.8 Å². The van der Waals surface area contributed by atoms with Crippen LogP contribution in [0.2, 0.25) is 0 Å². The quantitative estimate of drug-likeness (QED) is 0.735. The Labute approximate surface area is 75.0 Å². The maximum absolute atomic E-state index is 5.60. The largest absolute Gasteiger partial charge is 0.466 e. The van der Waals surface area contributed by atoms with Crippen molar-refractivity contribution in [1.29, 1.82) is 0 Å². The first-order chi connectivity index (χ1) is 5.95. The smallest absolute Gasteiger partial charge is 0.294 e. The van der Waals surface area contributed by atoms with Gasteiger partial charge in [-0.15, -0.1) is 10.2 Å². The van der Waals surface area contributed by atoms with Gasteiger partial charge in [0, 0.05) is 0 Å². The summed E-state index contributed by atoms with van der Waals surface area (Å²) >= 11 is 1.45. The van der Waals surface area contributed by atoms with Gasteiger partial charge in [0.2, 0.25) is 0 Å². The van der Waals surface area contributed by atoms with Crippen molar-refractivity contribution in [3.63, 3.8) is 0 Å². The van der Waals surface area contributed by atoms with Gasteiger partial charge in [0.05, 0.1) is 0 Å². The van der Waals surface area contributed by atoms with E-state index < -0.39 is 0 Å². The maximum atomic E-state index is 5.60. The molecular formula is C7H11N3OS. The fourth-order valence-corrected chi connectivity index (χ4v) is 1.74. The third-order valence-electron chi connectivity index (χ3n) is 1.89. The van der Waals surface area contributed by atoms with Crippen molar-refractivity contribution < 1.29 is 4.74 Å². The number of ether oxygens (including phenoxy) is 1. The summed E-state index contributed by atoms with van der Waals surface area (Å²) < 4.78 is 5.60. The van der Waals surface area contributed by atoms with E-state index in [1.807, 2.05) is 0 Å². The van der Waals surface area contributed by atoms with E-state index in [4.69, 9.17) is 4.74 Å². The number of rotatable bonds is 2. The van der Waals surface area contributed by atoms with Gasteiger partial charge in [0.25, 0.3) is 5.19 Å². The molecule has 0 aliphatic carbocycles. The molecule has 0 spiro atoms. The standard InChI is InChI=1S/C7H11N3OS/c1-3-8-4-2-6(1)11-7-10-9-5-12-7/h5-6,8H,1-4H2. The molecule has 5 heteroatoms. The summed E-state index contributed by atoms with van der Waals surface area (Å²) in [5.41, 5.74) is 1.69. The molecule has 1 aromatic heterocycles. The van der Waals surface area contributed by atoms with Crippen molar-refractivity contribution in [2.75, 3.05) is 13.1 Å². The molecule has 66 valence electrons. The van der Waals surface area contributed by atoms with Crippen LogP contribution < -0.4 is 10.1 Å². The van der Waals surface area contributed by atoms with Gasteiger partial charge in [-0.25, -0.2) is 0 Å². The van der Waals surface area contributed by atoms with E-state index in [2.05, 4.69) is 15.5 Å². The van der Waals surface area contributed by atoms with E-state index in [0.29, 0.717) is 11.3 Å². The van der Waals surface area contributed by atoms with Crippen LogP contribution >= 0.6 is 11.3 Å². The van der Waals surface area contributed by atoms with Gasteiger partial charge in [0.1, 0.15) is 11.6 Å². The highest BCUT2D eigenvalue weighted by Gasteiger charge is 2.15. The summed E-state index contributed by atoms with van der Waals surface area (Å²) in [6.07, 6.45) is 2.47. The zero-order chi connectivity index (χ0) is 8.23. The molecule has 1 fully saturated rings. The second-order valence-corrected chi connectivity index (χ2v) is 3.57. The lowest BCUT2D eigenvalue weighted by atomic mass is 10.1. The SMILES string of the molecule is c1nnc(OC2CCNCC2)s1. The van der Waals surface area contributed by atoms with Crippen LogP contribution in [-0.4, -0.2) is 29.4 Å². The maximum Gasteiger partial charge on any atom is 0.294 e. The average Bonchev–Trinajstić information content (AvgIpc) is 2.59. The number of nitrogens with one attached hydrogen (secondary N) is 1. The Hall–Kier alpha value is -0.680. The van der Waals surface area contributed by atoms with Gasteiger partial charge < -0.3 is 10.1 Å². The minimum absolute atomic E-state index is 0.333. The molecule has 1 aromatic rings. The predicted molar refractivity (Wildman–Crippen MR) is 46.4 cm³/mol. The lowest BCUT2D eigenvalue weighted by Crippen LogP contribution is -2.34. The molecule has 1 N–H and O–H groups in total. The summed E-state index contributed by atoms with van der Waals surface area (Å²) in [7, 11) is 0. The molecule has 0 unspecified atom stereocenters. The summed E-state index contributed by atoms with van der Waals surface area (Å²) in [6, 6.07) is 0. The van der Waals surface area contributed by atoms with Crippen molar-refractivity contribution >= 4 is 11.3 Å². The van der Waals surface area contributed by atoms with Gasteiger partial charge >= 0.3 is 0 Å². The van der Waals surface area contributed by atoms with Crippen LogP contribution in [0.3, 0.4) is 0 Å². The Morgan fingerprint density at radius 1 is 1.50 bits per heavy atom. The monoisotopic (exact) mass is 185 g/mol. The molecule has 0 radical (unpaired) electrons. The average molecular weight is 185 g/mol. The van der Waals surface area contributed by atoms with Gasteiger partial charge in [-0.2, -0.15) is 0 Å². The molecule has 0 saturated carbocycles. The number of piperidine rings is 1. The van der Waals surface area contributed by atoms with Crippen molar-refractivity contribution in [1.82, 2.24) is 15.5 Å². The zero-order valence-corrected chi connectivity index (χ0v) is 7.51. The summed E-state index contributed by atoms with van der Waals surface area (Å²) in [4.78, 5) is 0. The molecule has 1 aliphatic heterocycles. The molecule has 1 saturated heterocycles. The molecule has 0 bridgehead atoms. The Bertz CT molecular complexity index is 221. The second-order valence-electron chi connectivity index (χ2n) is 2.77. The fourth-order valence-electron chi connectivity index (χ4n) is 1.27. The van der Waals surface area contributed by atoms with E-state index in [1.54, 1.807) is 5.51 Å². The lowest BCUT2D eigenvalue weighted by Gasteiger charge is -2.21. The molecule has 0 atom stereocenters. The highest BCUT2D eigenvalue weighted by Crippen LogP contribution is 2.17. The number of nitrogens with zero attached hydrogens (tertiary/aromatic N) is 2. The van der Waals surface area contributed by atoms with E-state index >= 15 is 0 Å². The molecule has 0 aromatic carbocycles. The summed E-state index contributed by atoms with van der Waals surface area (Å²) in [6.45, 7) is 2.09. The van der Waals surface area contributed by atoms with Gasteiger partial charge in [-0.1, -0.05) is 11.3 Å². The first kappa shape index (κ1) is 7.94. The Morgan fingerprint density at radius 3 is 3.00 bits per heavy atom. The first-order valence-corrected chi connectivity index (χ1v) is 4.96. The Kier molecular flexibility index (Phi) is 2.53. The molecule has 0 amide bonds. The van der Waals surface area contributed by atoms with Crippen LogP contribution in [0.4, 0.5) is 0 Å². The first-order valence-electron chi connectivity index (χ1n) is 4.09. The number of hydrogen-bond donors (Lipinski definition) is 1. The topological polar surface area (TPSA) is 47.0 Å². The minimum atomic E-state index is 0.333. The van der Waals surface area contributed by atoms with Gasteiger partial charge in [-0.05, 0) is 25.9 Å². The Morgan fingerprint density at radius 2 is 2.33 bits per heavy atom. The van der Waals surface area contributed by atoms with E-state index in [9.17, 15) is 0 Å². The van der Waals surface area contributed by atoms with Crippen molar-refractivity contribution in [2.45, 2.75) is 18.9 Å². The van der Waals surface area contributed by atoms with Crippen molar-refractivity contribution in [2.24, 2.45) is 0 Å². The van der Waals surface area contributed by atoms with Crippen LogP contribution in [-0.2, 0) is 0 Å². The van der Waals surface area contributed by atoms with Crippen LogP contribution in [0, 0.1) is 0 Å². The van der Waals surface area contributed by atoms with Crippen molar-refractivity contribution in [3.05, 3.63) is 5.51 Å². The van der Waals surface area contributed by atoms with E-state index in [-0.39, 0.29) is 0 Å². The lowest BCUT2D eigenvalue weighted by molar-refractivity contribution is 0.160. The summed E-state index contributed by atoms with van der Waals surface area (Å²) in [5.74, 6) is 0. The highest BCUT2D eigenvalue weighted by molar-refractivity contribution is 7.11. The normalized spacial score (nSPS) is 19.3. The Balaban J connectivity index is 1.86. The summed E-state index contributed by atoms with van der Waals surface area (Å²) in [5, 5.41) is 11.5. The van der Waals surface area contributed by atoms with Crippen LogP contribution in [0.25, 0.3) is 0 Å². The fraction of sp³-hybridized carbons (Fsp3) is 0.714. The molecule has 12 heavy (non-hydrogen) atoms. The third kappa shape index (κ3) is 1.92. The molecule has 2 heterocycles. The van der Waals surface area contributed by atoms with Crippen molar-refractivity contribution in [3.8, 4) is 5.19 Å². The molecular weight excluding hydrogens is 174 g/mol. The van der Waals surface area contributed by atoms with Crippen LogP contribution in [0.5, 0.6) is 5.19 Å². The highest BCUT2D eigenvalue weighted by atomic mass is 32.1.